The Morgan fingerprint density at radius 2 is 1.12 bits per heavy atom. The van der Waals surface area contributed by atoms with Gasteiger partial charge in [0.1, 0.15) is 5.69 Å². The summed E-state index contributed by atoms with van der Waals surface area (Å²) in [5.74, 6) is 0. The molecule has 0 aliphatic carbocycles. The van der Waals surface area contributed by atoms with Gasteiger partial charge in [0.15, 0.2) is 0 Å². The Hall–Kier alpha value is -3.46. The van der Waals surface area contributed by atoms with Crippen molar-refractivity contribution < 1.29 is 0 Å². The zero-order valence-corrected chi connectivity index (χ0v) is 13.5. The van der Waals surface area contributed by atoms with Crippen molar-refractivity contribution in [1.29, 1.82) is 0 Å². The van der Waals surface area contributed by atoms with Crippen LogP contribution in [0.4, 0.5) is 0 Å². The number of hydrogen-bond acceptors (Lipinski definition) is 2. The minimum Gasteiger partial charge on any atom is -0.257 e. The van der Waals surface area contributed by atoms with Crippen molar-refractivity contribution in [2.45, 2.75) is 0 Å². The first-order valence-corrected chi connectivity index (χ1v) is 8.29. The lowest BCUT2D eigenvalue weighted by Gasteiger charge is -2.08. The van der Waals surface area contributed by atoms with Crippen LogP contribution in [0.5, 0.6) is 0 Å². The number of nitrogens with one attached hydrogen (secondary N) is 1. The first-order chi connectivity index (χ1) is 12.4. The predicted octanol–water partition coefficient (Wildman–Crippen LogP) is 5.45. The molecular formula is C22H15N3. The van der Waals surface area contributed by atoms with Gasteiger partial charge >= 0.3 is 0 Å². The molecule has 0 aliphatic heterocycles. The van der Waals surface area contributed by atoms with Crippen molar-refractivity contribution in [3.05, 3.63) is 84.9 Å². The number of nitrogens with zero attached hydrogens (tertiary/aromatic N) is 2. The summed E-state index contributed by atoms with van der Waals surface area (Å²) in [6, 6.07) is 29.4. The van der Waals surface area contributed by atoms with E-state index >= 15 is 0 Å². The average molecular weight is 321 g/mol. The van der Waals surface area contributed by atoms with Crippen LogP contribution in [0.1, 0.15) is 0 Å². The van der Waals surface area contributed by atoms with Gasteiger partial charge in [-0.05, 0) is 21.5 Å². The fourth-order valence-electron chi connectivity index (χ4n) is 3.48. The molecule has 5 aromatic rings. The van der Waals surface area contributed by atoms with E-state index in [2.05, 4.69) is 100 Å². The second-order valence-electron chi connectivity index (χ2n) is 6.09. The number of aromatic nitrogens is 3. The van der Waals surface area contributed by atoms with Crippen LogP contribution in [-0.4, -0.2) is 15.4 Å². The highest BCUT2D eigenvalue weighted by Crippen LogP contribution is 2.36. The monoisotopic (exact) mass is 321 g/mol. The number of aromatic amines is 1. The van der Waals surface area contributed by atoms with Crippen molar-refractivity contribution in [2.75, 3.05) is 0 Å². The molecule has 0 spiro atoms. The lowest BCUT2D eigenvalue weighted by Crippen LogP contribution is -1.87. The molecule has 0 saturated carbocycles. The number of rotatable bonds is 2. The molecule has 0 amide bonds. The van der Waals surface area contributed by atoms with Crippen LogP contribution >= 0.6 is 0 Å². The highest BCUT2D eigenvalue weighted by Gasteiger charge is 2.15. The Bertz CT molecular complexity index is 1100. The van der Waals surface area contributed by atoms with Crippen LogP contribution in [0.2, 0.25) is 0 Å². The van der Waals surface area contributed by atoms with Gasteiger partial charge in [0.25, 0.3) is 0 Å². The Morgan fingerprint density at radius 3 is 1.84 bits per heavy atom. The average Bonchev–Trinajstić information content (AvgIpc) is 3.16. The molecule has 0 fully saturated rings. The molecular weight excluding hydrogens is 306 g/mol. The van der Waals surface area contributed by atoms with Crippen molar-refractivity contribution in [2.24, 2.45) is 0 Å². The van der Waals surface area contributed by atoms with Gasteiger partial charge in [0, 0.05) is 11.1 Å². The van der Waals surface area contributed by atoms with E-state index in [0.717, 1.165) is 22.5 Å². The molecule has 3 nitrogen and oxygen atoms in total. The van der Waals surface area contributed by atoms with Crippen LogP contribution in [0.25, 0.3) is 44.1 Å². The molecule has 0 saturated heterocycles. The molecule has 118 valence electrons. The summed E-state index contributed by atoms with van der Waals surface area (Å²) in [6.45, 7) is 0. The first kappa shape index (κ1) is 13.9. The van der Waals surface area contributed by atoms with E-state index in [1.165, 1.54) is 21.5 Å². The Balaban J connectivity index is 1.80. The lowest BCUT2D eigenvalue weighted by atomic mass is 9.96. The second kappa shape index (κ2) is 5.56. The van der Waals surface area contributed by atoms with Crippen LogP contribution in [0, 0.1) is 0 Å². The lowest BCUT2D eigenvalue weighted by molar-refractivity contribution is 0.944. The Labute approximate surface area is 144 Å². The predicted molar refractivity (Wildman–Crippen MR) is 102 cm³/mol. The van der Waals surface area contributed by atoms with E-state index in [0.29, 0.717) is 0 Å². The third-order valence-electron chi connectivity index (χ3n) is 4.65. The van der Waals surface area contributed by atoms with Gasteiger partial charge in [-0.2, -0.15) is 0 Å². The van der Waals surface area contributed by atoms with Gasteiger partial charge in [0.05, 0.1) is 5.69 Å². The summed E-state index contributed by atoms with van der Waals surface area (Å²) in [5, 5.41) is 16.4. The number of H-pyrrole nitrogens is 1. The molecule has 0 bridgehead atoms. The molecule has 5 rings (SSSR count). The van der Waals surface area contributed by atoms with Gasteiger partial charge in [-0.3, -0.25) is 5.10 Å². The molecule has 0 radical (unpaired) electrons. The first-order valence-electron chi connectivity index (χ1n) is 8.29. The van der Waals surface area contributed by atoms with Gasteiger partial charge in [-0.25, -0.2) is 0 Å². The van der Waals surface area contributed by atoms with Crippen molar-refractivity contribution >= 4 is 21.5 Å². The summed E-state index contributed by atoms with van der Waals surface area (Å²) >= 11 is 0. The highest BCUT2D eigenvalue weighted by atomic mass is 15.3. The fraction of sp³-hybridized carbons (Fsp3) is 0. The zero-order valence-electron chi connectivity index (χ0n) is 13.5. The molecule has 1 heterocycles. The van der Waals surface area contributed by atoms with Crippen LogP contribution < -0.4 is 0 Å². The zero-order chi connectivity index (χ0) is 16.6. The number of hydrogen-bond donors (Lipinski definition) is 1. The highest BCUT2D eigenvalue weighted by molar-refractivity contribution is 6.02. The quantitative estimate of drug-likeness (QED) is 0.470. The van der Waals surface area contributed by atoms with E-state index < -0.39 is 0 Å². The summed E-state index contributed by atoms with van der Waals surface area (Å²) in [4.78, 5) is 0. The maximum atomic E-state index is 4.41. The minimum absolute atomic E-state index is 0.883. The van der Waals surface area contributed by atoms with E-state index in [1.807, 2.05) is 0 Å². The van der Waals surface area contributed by atoms with E-state index in [-0.39, 0.29) is 0 Å². The summed E-state index contributed by atoms with van der Waals surface area (Å²) < 4.78 is 0. The molecule has 1 aromatic heterocycles. The van der Waals surface area contributed by atoms with Crippen LogP contribution in [0.15, 0.2) is 84.9 Å². The Morgan fingerprint density at radius 1 is 0.560 bits per heavy atom. The Kier molecular flexibility index (Phi) is 3.10. The molecule has 0 unspecified atom stereocenters. The SMILES string of the molecule is c1ccc2c(-c3nn[nH]c3-c3cccc4ccccc34)cccc2c1. The summed E-state index contributed by atoms with van der Waals surface area (Å²) in [5.41, 5.74) is 4.04. The number of benzene rings is 4. The van der Waals surface area contributed by atoms with Gasteiger partial charge in [-0.1, -0.05) is 90.1 Å². The van der Waals surface area contributed by atoms with Gasteiger partial charge < -0.3 is 0 Å². The van der Waals surface area contributed by atoms with Gasteiger partial charge in [-0.15, -0.1) is 5.10 Å². The summed E-state index contributed by atoms with van der Waals surface area (Å²) in [6.07, 6.45) is 0. The standard InChI is InChI=1S/C22H15N3/c1-3-11-17-15(7-1)9-5-13-19(17)21-22(24-25-23-21)20-14-6-10-16-8-2-4-12-18(16)20/h1-14H,(H,23,24,25). The van der Waals surface area contributed by atoms with Crippen molar-refractivity contribution in [3.63, 3.8) is 0 Å². The number of fused-ring (bicyclic) bond motifs is 2. The van der Waals surface area contributed by atoms with E-state index in [4.69, 9.17) is 0 Å². The minimum atomic E-state index is 0.883. The maximum Gasteiger partial charge on any atom is 0.121 e. The third-order valence-corrected chi connectivity index (χ3v) is 4.65. The van der Waals surface area contributed by atoms with Crippen LogP contribution in [-0.2, 0) is 0 Å². The molecule has 25 heavy (non-hydrogen) atoms. The third kappa shape index (κ3) is 2.21. The van der Waals surface area contributed by atoms with E-state index in [1.54, 1.807) is 0 Å². The second-order valence-corrected chi connectivity index (χ2v) is 6.09. The largest absolute Gasteiger partial charge is 0.257 e. The molecule has 1 N–H and O–H groups in total. The van der Waals surface area contributed by atoms with Gasteiger partial charge in [0.2, 0.25) is 0 Å². The van der Waals surface area contributed by atoms with Crippen LogP contribution in [0.3, 0.4) is 0 Å². The topological polar surface area (TPSA) is 41.6 Å². The molecule has 3 heteroatoms. The van der Waals surface area contributed by atoms with Crippen molar-refractivity contribution in [3.8, 4) is 22.5 Å². The molecule has 0 aliphatic rings. The molecule has 4 aromatic carbocycles. The van der Waals surface area contributed by atoms with E-state index in [9.17, 15) is 0 Å². The summed E-state index contributed by atoms with van der Waals surface area (Å²) in [7, 11) is 0. The van der Waals surface area contributed by atoms with Crippen molar-refractivity contribution in [1.82, 2.24) is 15.4 Å². The normalized spacial score (nSPS) is 11.2. The maximum absolute atomic E-state index is 4.41. The smallest absolute Gasteiger partial charge is 0.121 e. The molecule has 0 atom stereocenters. The fourth-order valence-corrected chi connectivity index (χ4v) is 3.48.